The topological polar surface area (TPSA) is 93.5 Å². The predicted molar refractivity (Wildman–Crippen MR) is 78.5 cm³/mol. The van der Waals surface area contributed by atoms with Gasteiger partial charge in [-0.1, -0.05) is 5.16 Å². The van der Waals surface area contributed by atoms with Crippen molar-refractivity contribution in [3.8, 4) is 5.75 Å². The lowest BCUT2D eigenvalue weighted by Gasteiger charge is -2.08. The van der Waals surface area contributed by atoms with Gasteiger partial charge in [-0.3, -0.25) is 20.4 Å². The van der Waals surface area contributed by atoms with Crippen LogP contribution in [0, 0.1) is 13.8 Å². The zero-order valence-corrected chi connectivity index (χ0v) is 12.6. The highest BCUT2D eigenvalue weighted by Crippen LogP contribution is 2.13. The maximum atomic E-state index is 12.0. The Labute approximate surface area is 127 Å². The molecule has 2 N–H and O–H groups in total. The Morgan fingerprint density at radius 3 is 2.32 bits per heavy atom. The summed E-state index contributed by atoms with van der Waals surface area (Å²) in [6.07, 6.45) is 0. The summed E-state index contributed by atoms with van der Waals surface area (Å²) >= 11 is 0. The molecule has 0 aliphatic carbocycles. The highest BCUT2D eigenvalue weighted by Gasteiger charge is 2.18. The molecule has 0 aliphatic rings. The maximum absolute atomic E-state index is 12.0. The van der Waals surface area contributed by atoms with Crippen molar-refractivity contribution in [2.75, 3.05) is 6.61 Å². The fraction of sp³-hybridized carbons (Fsp3) is 0.267. The van der Waals surface area contributed by atoms with Crippen molar-refractivity contribution < 1.29 is 18.8 Å². The van der Waals surface area contributed by atoms with Crippen LogP contribution in [0.2, 0.25) is 0 Å². The standard InChI is InChI=1S/C15H17N3O4/c1-4-21-12-7-5-11(6-8-12)14(19)16-17-15(20)13-9(2)18-22-10(13)3/h5-8H,4H2,1-3H3,(H,16,19)(H,17,20). The molecular formula is C15H17N3O4. The Kier molecular flexibility index (Phi) is 4.77. The van der Waals surface area contributed by atoms with Gasteiger partial charge in [0.1, 0.15) is 17.1 Å². The Morgan fingerprint density at radius 2 is 1.77 bits per heavy atom. The van der Waals surface area contributed by atoms with Gasteiger partial charge in [0.05, 0.1) is 12.3 Å². The van der Waals surface area contributed by atoms with E-state index in [1.54, 1.807) is 38.1 Å². The van der Waals surface area contributed by atoms with Crippen LogP contribution in [-0.4, -0.2) is 23.6 Å². The molecule has 0 saturated carbocycles. The van der Waals surface area contributed by atoms with Crippen LogP contribution in [0.4, 0.5) is 0 Å². The SMILES string of the molecule is CCOc1ccc(C(=O)NNC(=O)c2c(C)noc2C)cc1. The number of carbonyl (C=O) groups excluding carboxylic acids is 2. The molecule has 0 unspecified atom stereocenters. The van der Waals surface area contributed by atoms with Gasteiger partial charge in [-0.15, -0.1) is 0 Å². The molecule has 7 heteroatoms. The number of aromatic nitrogens is 1. The predicted octanol–water partition coefficient (Wildman–Crippen LogP) is 1.76. The number of carbonyl (C=O) groups is 2. The van der Waals surface area contributed by atoms with Crippen LogP contribution in [0.1, 0.15) is 39.1 Å². The molecule has 0 atom stereocenters. The first-order chi connectivity index (χ1) is 10.5. The molecule has 1 heterocycles. The van der Waals surface area contributed by atoms with E-state index >= 15 is 0 Å². The Morgan fingerprint density at radius 1 is 1.14 bits per heavy atom. The minimum atomic E-state index is -0.476. The zero-order valence-electron chi connectivity index (χ0n) is 12.6. The molecule has 0 spiro atoms. The molecule has 2 aromatic rings. The van der Waals surface area contributed by atoms with Gasteiger partial charge in [0.15, 0.2) is 0 Å². The normalized spacial score (nSPS) is 10.1. The fourth-order valence-electron chi connectivity index (χ4n) is 1.92. The van der Waals surface area contributed by atoms with Gasteiger partial charge in [-0.2, -0.15) is 0 Å². The quantitative estimate of drug-likeness (QED) is 0.840. The Bertz CT molecular complexity index is 657. The number of aryl methyl sites for hydroxylation is 2. The van der Waals surface area contributed by atoms with E-state index in [1.165, 1.54) is 0 Å². The number of ether oxygens (including phenoxy) is 1. The molecule has 2 rings (SSSR count). The van der Waals surface area contributed by atoms with E-state index < -0.39 is 11.8 Å². The summed E-state index contributed by atoms with van der Waals surface area (Å²) in [7, 11) is 0. The number of nitrogens with one attached hydrogen (secondary N) is 2. The lowest BCUT2D eigenvalue weighted by Crippen LogP contribution is -2.41. The zero-order chi connectivity index (χ0) is 16.1. The number of benzene rings is 1. The Hall–Kier alpha value is -2.83. The van der Waals surface area contributed by atoms with Crippen molar-refractivity contribution in [1.29, 1.82) is 0 Å². The average molecular weight is 303 g/mol. The molecule has 2 amide bonds. The first-order valence-electron chi connectivity index (χ1n) is 6.79. The van der Waals surface area contributed by atoms with E-state index in [0.717, 1.165) is 0 Å². The van der Waals surface area contributed by atoms with Crippen LogP contribution in [0.15, 0.2) is 28.8 Å². The number of hydrogen-bond donors (Lipinski definition) is 2. The van der Waals surface area contributed by atoms with Crippen molar-refractivity contribution in [1.82, 2.24) is 16.0 Å². The summed E-state index contributed by atoms with van der Waals surface area (Å²) in [6, 6.07) is 6.60. The lowest BCUT2D eigenvalue weighted by molar-refractivity contribution is 0.0845. The summed E-state index contributed by atoms with van der Waals surface area (Å²) in [5, 5.41) is 3.69. The molecule has 116 valence electrons. The summed E-state index contributed by atoms with van der Waals surface area (Å²) in [5.41, 5.74) is 5.86. The lowest BCUT2D eigenvalue weighted by atomic mass is 10.2. The van der Waals surface area contributed by atoms with Gasteiger partial charge in [0, 0.05) is 5.56 Å². The molecular weight excluding hydrogens is 286 g/mol. The monoisotopic (exact) mass is 303 g/mol. The fourth-order valence-corrected chi connectivity index (χ4v) is 1.92. The number of rotatable bonds is 4. The maximum Gasteiger partial charge on any atom is 0.275 e. The molecule has 22 heavy (non-hydrogen) atoms. The second kappa shape index (κ2) is 6.75. The van der Waals surface area contributed by atoms with Gasteiger partial charge in [-0.25, -0.2) is 0 Å². The van der Waals surface area contributed by atoms with Crippen molar-refractivity contribution in [2.24, 2.45) is 0 Å². The molecule has 0 saturated heterocycles. The van der Waals surface area contributed by atoms with Crippen molar-refractivity contribution in [2.45, 2.75) is 20.8 Å². The van der Waals surface area contributed by atoms with E-state index in [2.05, 4.69) is 16.0 Å². The minimum Gasteiger partial charge on any atom is -0.494 e. The highest BCUT2D eigenvalue weighted by molar-refractivity contribution is 6.00. The summed E-state index contributed by atoms with van der Waals surface area (Å²) in [5.74, 6) is 0.169. The number of nitrogens with zero attached hydrogens (tertiary/aromatic N) is 1. The van der Waals surface area contributed by atoms with E-state index in [4.69, 9.17) is 9.26 Å². The molecule has 0 fully saturated rings. The van der Waals surface area contributed by atoms with Crippen molar-refractivity contribution in [3.05, 3.63) is 46.8 Å². The smallest absolute Gasteiger partial charge is 0.275 e. The van der Waals surface area contributed by atoms with E-state index in [0.29, 0.717) is 34.9 Å². The highest BCUT2D eigenvalue weighted by atomic mass is 16.5. The van der Waals surface area contributed by atoms with E-state index in [-0.39, 0.29) is 0 Å². The summed E-state index contributed by atoms with van der Waals surface area (Å²) < 4.78 is 10.2. The molecule has 0 bridgehead atoms. The second-order valence-corrected chi connectivity index (χ2v) is 4.56. The van der Waals surface area contributed by atoms with Crippen LogP contribution < -0.4 is 15.6 Å². The van der Waals surface area contributed by atoms with Crippen LogP contribution in [0.3, 0.4) is 0 Å². The van der Waals surface area contributed by atoms with Crippen LogP contribution >= 0.6 is 0 Å². The van der Waals surface area contributed by atoms with E-state index in [1.807, 2.05) is 6.92 Å². The third-order valence-corrected chi connectivity index (χ3v) is 2.98. The number of amides is 2. The van der Waals surface area contributed by atoms with Gasteiger partial charge < -0.3 is 9.26 Å². The molecule has 0 aliphatic heterocycles. The third-order valence-electron chi connectivity index (χ3n) is 2.98. The first kappa shape index (κ1) is 15.6. The van der Waals surface area contributed by atoms with E-state index in [9.17, 15) is 9.59 Å². The largest absolute Gasteiger partial charge is 0.494 e. The van der Waals surface area contributed by atoms with Crippen LogP contribution in [0.25, 0.3) is 0 Å². The average Bonchev–Trinajstić information content (AvgIpc) is 2.85. The summed E-state index contributed by atoms with van der Waals surface area (Å²) in [6.45, 7) is 5.72. The third kappa shape index (κ3) is 3.43. The second-order valence-electron chi connectivity index (χ2n) is 4.56. The van der Waals surface area contributed by atoms with Crippen molar-refractivity contribution >= 4 is 11.8 Å². The van der Waals surface area contributed by atoms with Gasteiger partial charge >= 0.3 is 0 Å². The van der Waals surface area contributed by atoms with Crippen molar-refractivity contribution in [3.63, 3.8) is 0 Å². The van der Waals surface area contributed by atoms with Crippen LogP contribution in [0.5, 0.6) is 5.75 Å². The molecule has 0 radical (unpaired) electrons. The van der Waals surface area contributed by atoms with Gasteiger partial charge in [0.2, 0.25) is 0 Å². The van der Waals surface area contributed by atoms with Crippen LogP contribution in [-0.2, 0) is 0 Å². The number of hydrazine groups is 1. The summed E-state index contributed by atoms with van der Waals surface area (Å²) in [4.78, 5) is 23.9. The molecule has 7 nitrogen and oxygen atoms in total. The number of hydrogen-bond acceptors (Lipinski definition) is 5. The van der Waals surface area contributed by atoms with Gasteiger partial charge in [-0.05, 0) is 45.0 Å². The first-order valence-corrected chi connectivity index (χ1v) is 6.79. The minimum absolute atomic E-state index is 0.312. The Balaban J connectivity index is 1.96. The molecule has 1 aromatic heterocycles. The van der Waals surface area contributed by atoms with Gasteiger partial charge in [0.25, 0.3) is 11.8 Å². The molecule has 1 aromatic carbocycles.